The molecule has 1 heterocycles. The smallest absolute Gasteiger partial charge is 0.0819 e. The van der Waals surface area contributed by atoms with Gasteiger partial charge in [0, 0.05) is 12.6 Å². The maximum atomic E-state index is 9.44. The molecule has 1 saturated heterocycles. The molecule has 1 rings (SSSR count). The molecule has 3 heteroatoms. The van der Waals surface area contributed by atoms with E-state index in [1.165, 1.54) is 0 Å². The molecule has 10 heavy (non-hydrogen) atoms. The van der Waals surface area contributed by atoms with Crippen molar-refractivity contribution in [3.63, 3.8) is 0 Å². The van der Waals surface area contributed by atoms with Gasteiger partial charge in [-0.15, -0.1) is 0 Å². The van der Waals surface area contributed by atoms with Gasteiger partial charge < -0.3 is 15.3 Å². The van der Waals surface area contributed by atoms with Crippen molar-refractivity contribution < 1.29 is 5.11 Å². The number of likely N-dealkylation sites (N-methyl/N-ethyl adjacent to an activating group) is 1. The highest BCUT2D eigenvalue weighted by Gasteiger charge is 2.23. The van der Waals surface area contributed by atoms with Gasteiger partial charge in [0.25, 0.3) is 0 Å². The summed E-state index contributed by atoms with van der Waals surface area (Å²) in [5.74, 6) is 0. The topological polar surface area (TPSA) is 35.5 Å². The molecule has 1 aliphatic heterocycles. The molecule has 60 valence electrons. The van der Waals surface area contributed by atoms with Crippen molar-refractivity contribution in [2.45, 2.75) is 18.6 Å². The first-order valence-electron chi connectivity index (χ1n) is 3.77. The molecule has 3 nitrogen and oxygen atoms in total. The van der Waals surface area contributed by atoms with E-state index in [4.69, 9.17) is 0 Å². The Labute approximate surface area is 62.0 Å². The summed E-state index contributed by atoms with van der Waals surface area (Å²) in [6.07, 6.45) is 0.859. The maximum Gasteiger partial charge on any atom is 0.0819 e. The van der Waals surface area contributed by atoms with Crippen LogP contribution in [-0.4, -0.2) is 49.3 Å². The zero-order valence-corrected chi connectivity index (χ0v) is 6.67. The van der Waals surface area contributed by atoms with Crippen molar-refractivity contribution >= 4 is 0 Å². The van der Waals surface area contributed by atoms with Crippen LogP contribution in [0.15, 0.2) is 0 Å². The van der Waals surface area contributed by atoms with Crippen LogP contribution in [0.4, 0.5) is 0 Å². The second kappa shape index (κ2) is 3.32. The molecular weight excluding hydrogens is 128 g/mol. The van der Waals surface area contributed by atoms with Gasteiger partial charge in [0.05, 0.1) is 6.10 Å². The summed E-state index contributed by atoms with van der Waals surface area (Å²) >= 11 is 0. The number of piperidine rings is 1. The maximum absolute atomic E-state index is 9.44. The third-order valence-electron chi connectivity index (χ3n) is 2.08. The van der Waals surface area contributed by atoms with Gasteiger partial charge in [0.1, 0.15) is 0 Å². The van der Waals surface area contributed by atoms with Crippen LogP contribution < -0.4 is 5.32 Å². The van der Waals surface area contributed by atoms with E-state index in [1.807, 2.05) is 14.1 Å². The summed E-state index contributed by atoms with van der Waals surface area (Å²) in [5.41, 5.74) is 0. The van der Waals surface area contributed by atoms with Gasteiger partial charge in [-0.2, -0.15) is 0 Å². The fourth-order valence-electron chi connectivity index (χ4n) is 1.43. The molecule has 1 aliphatic rings. The number of nitrogens with one attached hydrogen (secondary N) is 1. The Bertz CT molecular complexity index is 106. The lowest BCUT2D eigenvalue weighted by molar-refractivity contribution is 0.0539. The summed E-state index contributed by atoms with van der Waals surface area (Å²) in [6, 6.07) is 0.348. The number of rotatable bonds is 1. The van der Waals surface area contributed by atoms with Crippen molar-refractivity contribution in [1.29, 1.82) is 0 Å². The van der Waals surface area contributed by atoms with E-state index < -0.39 is 0 Å². The Morgan fingerprint density at radius 3 is 2.60 bits per heavy atom. The summed E-state index contributed by atoms with van der Waals surface area (Å²) in [6.45, 7) is 1.77. The Morgan fingerprint density at radius 2 is 2.20 bits per heavy atom. The summed E-state index contributed by atoms with van der Waals surface area (Å²) in [4.78, 5) is 2.09. The largest absolute Gasteiger partial charge is 0.390 e. The molecule has 1 fully saturated rings. The van der Waals surface area contributed by atoms with E-state index in [2.05, 4.69) is 10.2 Å². The molecule has 0 spiro atoms. The number of nitrogens with zero attached hydrogens (tertiary/aromatic N) is 1. The Balaban J connectivity index is 2.40. The highest BCUT2D eigenvalue weighted by molar-refractivity contribution is 4.82. The third kappa shape index (κ3) is 1.68. The lowest BCUT2D eigenvalue weighted by Crippen LogP contribution is -2.50. The number of aliphatic hydroxyl groups excluding tert-OH is 1. The molecule has 0 amide bonds. The first kappa shape index (κ1) is 7.98. The van der Waals surface area contributed by atoms with Crippen LogP contribution in [0, 0.1) is 0 Å². The molecule has 0 saturated carbocycles. The third-order valence-corrected chi connectivity index (χ3v) is 2.08. The first-order chi connectivity index (χ1) is 4.72. The lowest BCUT2D eigenvalue weighted by Gasteiger charge is -2.33. The summed E-state index contributed by atoms with van der Waals surface area (Å²) < 4.78 is 0. The second-order valence-corrected chi connectivity index (χ2v) is 3.09. The summed E-state index contributed by atoms with van der Waals surface area (Å²) in [5, 5.41) is 12.6. The van der Waals surface area contributed by atoms with Crippen molar-refractivity contribution in [2.75, 3.05) is 27.2 Å². The van der Waals surface area contributed by atoms with E-state index >= 15 is 0 Å². The SMILES string of the molecule is CN(C)[C@@H]1CCNC[C@H]1O. The van der Waals surface area contributed by atoms with Crippen molar-refractivity contribution in [3.05, 3.63) is 0 Å². The van der Waals surface area contributed by atoms with E-state index in [0.29, 0.717) is 6.04 Å². The minimum absolute atomic E-state index is 0.191. The Hall–Kier alpha value is -0.120. The first-order valence-corrected chi connectivity index (χ1v) is 3.77. The molecule has 0 bridgehead atoms. The van der Waals surface area contributed by atoms with E-state index in [1.54, 1.807) is 0 Å². The van der Waals surface area contributed by atoms with Crippen LogP contribution in [0.1, 0.15) is 6.42 Å². The molecule has 0 aromatic carbocycles. The quantitative estimate of drug-likeness (QED) is 0.509. The minimum atomic E-state index is -0.191. The van der Waals surface area contributed by atoms with Crippen LogP contribution in [0.2, 0.25) is 0 Å². The highest BCUT2D eigenvalue weighted by atomic mass is 16.3. The van der Waals surface area contributed by atoms with Gasteiger partial charge in [-0.05, 0) is 27.1 Å². The number of hydrogen-bond acceptors (Lipinski definition) is 3. The monoisotopic (exact) mass is 144 g/mol. The van der Waals surface area contributed by atoms with Crippen molar-refractivity contribution in [1.82, 2.24) is 10.2 Å². The van der Waals surface area contributed by atoms with Gasteiger partial charge in [0.2, 0.25) is 0 Å². The van der Waals surface area contributed by atoms with Crippen LogP contribution >= 0.6 is 0 Å². The van der Waals surface area contributed by atoms with Crippen LogP contribution in [0.25, 0.3) is 0 Å². The number of hydrogen-bond donors (Lipinski definition) is 2. The Kier molecular flexibility index (Phi) is 2.65. The van der Waals surface area contributed by atoms with Crippen molar-refractivity contribution in [3.8, 4) is 0 Å². The molecule has 2 N–H and O–H groups in total. The molecule has 0 radical (unpaired) electrons. The molecular formula is C7H16N2O. The van der Waals surface area contributed by atoms with Gasteiger partial charge >= 0.3 is 0 Å². The minimum Gasteiger partial charge on any atom is -0.390 e. The highest BCUT2D eigenvalue weighted by Crippen LogP contribution is 2.07. The molecule has 0 aromatic rings. The molecule has 0 unspecified atom stereocenters. The molecule has 0 aromatic heterocycles. The van der Waals surface area contributed by atoms with Gasteiger partial charge in [-0.3, -0.25) is 0 Å². The predicted octanol–water partition coefficient (Wildman–Crippen LogP) is -0.729. The van der Waals surface area contributed by atoms with E-state index in [0.717, 1.165) is 19.5 Å². The fraction of sp³-hybridized carbons (Fsp3) is 1.00. The molecule has 2 atom stereocenters. The number of aliphatic hydroxyl groups is 1. The van der Waals surface area contributed by atoms with Gasteiger partial charge in [-0.1, -0.05) is 0 Å². The summed E-state index contributed by atoms with van der Waals surface area (Å²) in [7, 11) is 4.03. The normalized spacial score (nSPS) is 34.8. The zero-order chi connectivity index (χ0) is 7.56. The fourth-order valence-corrected chi connectivity index (χ4v) is 1.43. The second-order valence-electron chi connectivity index (χ2n) is 3.09. The van der Waals surface area contributed by atoms with Gasteiger partial charge in [-0.25, -0.2) is 0 Å². The average Bonchev–Trinajstić information content (AvgIpc) is 1.88. The van der Waals surface area contributed by atoms with E-state index in [-0.39, 0.29) is 6.10 Å². The standard InChI is InChI=1S/C7H16N2O/c1-9(2)6-3-4-8-5-7(6)10/h6-8,10H,3-5H2,1-2H3/t6-,7-/m1/s1. The van der Waals surface area contributed by atoms with Crippen LogP contribution in [-0.2, 0) is 0 Å². The van der Waals surface area contributed by atoms with E-state index in [9.17, 15) is 5.11 Å². The van der Waals surface area contributed by atoms with Gasteiger partial charge in [0.15, 0.2) is 0 Å². The molecule has 0 aliphatic carbocycles. The number of β-amino-alcohol motifs (C(OH)–C–C–N with tert-alkyl or cyclic N) is 1. The van der Waals surface area contributed by atoms with Crippen LogP contribution in [0.5, 0.6) is 0 Å². The zero-order valence-electron chi connectivity index (χ0n) is 6.67. The van der Waals surface area contributed by atoms with Crippen LogP contribution in [0.3, 0.4) is 0 Å². The van der Waals surface area contributed by atoms with Crippen molar-refractivity contribution in [2.24, 2.45) is 0 Å². The predicted molar refractivity (Wildman–Crippen MR) is 41.0 cm³/mol. The average molecular weight is 144 g/mol. The lowest BCUT2D eigenvalue weighted by atomic mass is 10.0. The Morgan fingerprint density at radius 1 is 1.50 bits per heavy atom.